The van der Waals surface area contributed by atoms with Crippen LogP contribution in [0.4, 0.5) is 0 Å². The number of carboxylic acids is 1. The third kappa shape index (κ3) is 6.23. The van der Waals surface area contributed by atoms with Gasteiger partial charge in [0.1, 0.15) is 0 Å². The van der Waals surface area contributed by atoms with E-state index in [1.54, 1.807) is 13.0 Å². The Hall–Kier alpha value is -1.31. The van der Waals surface area contributed by atoms with Crippen molar-refractivity contribution in [3.05, 3.63) is 36.0 Å². The maximum Gasteiger partial charge on any atom is 0.331 e. The van der Waals surface area contributed by atoms with Gasteiger partial charge in [-0.3, -0.25) is 0 Å². The summed E-state index contributed by atoms with van der Waals surface area (Å²) in [7, 11) is 0. The van der Waals surface area contributed by atoms with Gasteiger partial charge < -0.3 is 5.11 Å². The Morgan fingerprint density at radius 2 is 2.00 bits per heavy atom. The first-order valence-corrected chi connectivity index (χ1v) is 4.77. The second-order valence-corrected chi connectivity index (χ2v) is 3.30. The minimum atomic E-state index is -0.858. The zero-order valence-corrected chi connectivity index (χ0v) is 8.92. The van der Waals surface area contributed by atoms with E-state index in [0.717, 1.165) is 24.8 Å². The molecule has 2 nitrogen and oxygen atoms in total. The second-order valence-electron chi connectivity index (χ2n) is 3.30. The molecule has 0 heterocycles. The molecule has 0 aromatic carbocycles. The Balaban J connectivity index is 4.05. The summed E-state index contributed by atoms with van der Waals surface area (Å²) in [6.07, 6.45) is 8.68. The van der Waals surface area contributed by atoms with Crippen LogP contribution >= 0.6 is 0 Å². The van der Waals surface area contributed by atoms with E-state index in [1.165, 1.54) is 0 Å². The van der Waals surface area contributed by atoms with Gasteiger partial charge >= 0.3 is 5.97 Å². The average Bonchev–Trinajstić information content (AvgIpc) is 2.12. The first kappa shape index (κ1) is 12.7. The fraction of sp³-hybridized carbons (Fsp3) is 0.417. The van der Waals surface area contributed by atoms with Crippen molar-refractivity contribution in [3.63, 3.8) is 0 Å². The normalized spacial score (nSPS) is 12.7. The molecule has 0 rings (SSSR count). The van der Waals surface area contributed by atoms with Gasteiger partial charge in [0.05, 0.1) is 0 Å². The van der Waals surface area contributed by atoms with Crippen LogP contribution in [0.15, 0.2) is 36.0 Å². The van der Waals surface area contributed by atoms with Crippen LogP contribution in [0.3, 0.4) is 0 Å². The highest BCUT2D eigenvalue weighted by Crippen LogP contribution is 2.05. The lowest BCUT2D eigenvalue weighted by atomic mass is 10.1. The number of carboxylic acid groups (broad SMARTS) is 1. The Morgan fingerprint density at radius 3 is 2.50 bits per heavy atom. The highest BCUT2D eigenvalue weighted by Gasteiger charge is 1.98. The number of unbranched alkanes of at least 4 members (excludes halogenated alkanes) is 2. The minimum Gasteiger partial charge on any atom is -0.478 e. The van der Waals surface area contributed by atoms with Crippen LogP contribution in [-0.2, 0) is 4.79 Å². The van der Waals surface area contributed by atoms with E-state index >= 15 is 0 Å². The topological polar surface area (TPSA) is 37.3 Å². The zero-order valence-electron chi connectivity index (χ0n) is 8.92. The lowest BCUT2D eigenvalue weighted by molar-refractivity contribution is -0.132. The Kier molecular flexibility index (Phi) is 6.46. The van der Waals surface area contributed by atoms with Crippen LogP contribution in [0.2, 0.25) is 0 Å². The van der Waals surface area contributed by atoms with Gasteiger partial charge in [-0.25, -0.2) is 4.79 Å². The number of hydrogen-bond acceptors (Lipinski definition) is 1. The maximum atomic E-state index is 10.5. The second kappa shape index (κ2) is 7.13. The van der Waals surface area contributed by atoms with Gasteiger partial charge in [0.15, 0.2) is 0 Å². The molecule has 2 heteroatoms. The van der Waals surface area contributed by atoms with E-state index in [-0.39, 0.29) is 0 Å². The van der Waals surface area contributed by atoms with Crippen molar-refractivity contribution in [2.24, 2.45) is 0 Å². The largest absolute Gasteiger partial charge is 0.478 e. The molecule has 0 atom stereocenters. The van der Waals surface area contributed by atoms with Crippen molar-refractivity contribution in [2.45, 2.75) is 33.1 Å². The van der Waals surface area contributed by atoms with E-state index in [4.69, 9.17) is 5.11 Å². The summed E-state index contributed by atoms with van der Waals surface area (Å²) in [4.78, 5) is 10.5. The summed E-state index contributed by atoms with van der Waals surface area (Å²) in [5.74, 6) is -0.858. The third-order valence-corrected chi connectivity index (χ3v) is 1.86. The predicted octanol–water partition coefficient (Wildman–Crippen LogP) is 3.32. The average molecular weight is 194 g/mol. The van der Waals surface area contributed by atoms with Crippen molar-refractivity contribution in [1.29, 1.82) is 0 Å². The molecule has 1 N–H and O–H groups in total. The predicted molar refractivity (Wildman–Crippen MR) is 59.2 cm³/mol. The van der Waals surface area contributed by atoms with Gasteiger partial charge in [0.25, 0.3) is 0 Å². The van der Waals surface area contributed by atoms with E-state index in [0.29, 0.717) is 5.57 Å². The molecule has 0 unspecified atom stereocenters. The van der Waals surface area contributed by atoms with Crippen molar-refractivity contribution in [1.82, 2.24) is 0 Å². The summed E-state index contributed by atoms with van der Waals surface area (Å²) in [5.41, 5.74) is 1.39. The first-order chi connectivity index (χ1) is 6.57. The molecule has 14 heavy (non-hydrogen) atoms. The Morgan fingerprint density at radius 1 is 1.36 bits per heavy atom. The minimum absolute atomic E-state index is 0.377. The van der Waals surface area contributed by atoms with Crippen molar-refractivity contribution in [3.8, 4) is 0 Å². The van der Waals surface area contributed by atoms with Gasteiger partial charge in [-0.15, -0.1) is 6.58 Å². The van der Waals surface area contributed by atoms with Crippen LogP contribution in [0.5, 0.6) is 0 Å². The molecule has 78 valence electrons. The van der Waals surface area contributed by atoms with E-state index in [2.05, 4.69) is 12.7 Å². The maximum absolute atomic E-state index is 10.5. The number of hydrogen-bond donors (Lipinski definition) is 1. The van der Waals surface area contributed by atoms with E-state index in [1.807, 2.05) is 13.0 Å². The molecular weight excluding hydrogens is 176 g/mol. The van der Waals surface area contributed by atoms with Gasteiger partial charge in [-0.05, 0) is 39.2 Å². The molecule has 0 aliphatic carbocycles. The fourth-order valence-corrected chi connectivity index (χ4v) is 1.05. The first-order valence-electron chi connectivity index (χ1n) is 4.77. The molecule has 0 aromatic heterocycles. The Labute approximate surface area is 85.6 Å². The van der Waals surface area contributed by atoms with Gasteiger partial charge in [-0.2, -0.15) is 0 Å². The smallest absolute Gasteiger partial charge is 0.331 e. The van der Waals surface area contributed by atoms with Crippen LogP contribution in [0, 0.1) is 0 Å². The highest BCUT2D eigenvalue weighted by atomic mass is 16.4. The molecule has 0 aromatic rings. The van der Waals surface area contributed by atoms with Crippen LogP contribution in [0.25, 0.3) is 0 Å². The number of rotatable bonds is 6. The lowest BCUT2D eigenvalue weighted by Crippen LogP contribution is -1.95. The summed E-state index contributed by atoms with van der Waals surface area (Å²) < 4.78 is 0. The molecule has 0 spiro atoms. The molecule has 0 aliphatic rings. The monoisotopic (exact) mass is 194 g/mol. The van der Waals surface area contributed by atoms with Gasteiger partial charge in [0.2, 0.25) is 0 Å². The standard InChI is InChI=1S/C12H18O2/c1-4-5-6-7-8-10(2)9-11(3)12(13)14/h4,8-9H,1,5-7H2,2-3H3,(H,13,14)/b10-8+,11-9+. The summed E-state index contributed by atoms with van der Waals surface area (Å²) in [6, 6.07) is 0. The van der Waals surface area contributed by atoms with Crippen molar-refractivity contribution in [2.75, 3.05) is 0 Å². The molecule has 0 saturated carbocycles. The van der Waals surface area contributed by atoms with E-state index in [9.17, 15) is 4.79 Å². The van der Waals surface area contributed by atoms with Crippen molar-refractivity contribution < 1.29 is 9.90 Å². The molecule has 0 amide bonds. The molecular formula is C12H18O2. The SMILES string of the molecule is C=CCCC/C=C(C)/C=C(\C)C(=O)O. The molecule has 0 bridgehead atoms. The van der Waals surface area contributed by atoms with E-state index < -0.39 is 5.97 Å². The highest BCUT2D eigenvalue weighted by molar-refractivity contribution is 5.86. The summed E-state index contributed by atoms with van der Waals surface area (Å²) >= 11 is 0. The number of carbonyl (C=O) groups is 1. The van der Waals surface area contributed by atoms with Crippen LogP contribution in [-0.4, -0.2) is 11.1 Å². The van der Waals surface area contributed by atoms with Crippen LogP contribution < -0.4 is 0 Å². The molecule has 0 saturated heterocycles. The Bertz CT molecular complexity index is 259. The number of aliphatic carboxylic acids is 1. The quantitative estimate of drug-likeness (QED) is 0.305. The zero-order chi connectivity index (χ0) is 11.0. The van der Waals surface area contributed by atoms with Gasteiger partial charge in [-0.1, -0.05) is 17.7 Å². The lowest BCUT2D eigenvalue weighted by Gasteiger charge is -1.95. The molecule has 0 fully saturated rings. The van der Waals surface area contributed by atoms with Crippen LogP contribution in [0.1, 0.15) is 33.1 Å². The fourth-order valence-electron chi connectivity index (χ4n) is 1.05. The van der Waals surface area contributed by atoms with Crippen molar-refractivity contribution >= 4 is 5.97 Å². The van der Waals surface area contributed by atoms with Gasteiger partial charge in [0, 0.05) is 5.57 Å². The summed E-state index contributed by atoms with van der Waals surface area (Å²) in [6.45, 7) is 7.16. The summed E-state index contributed by atoms with van der Waals surface area (Å²) in [5, 5.41) is 8.63. The third-order valence-electron chi connectivity index (χ3n) is 1.86. The molecule has 0 radical (unpaired) electrons. The molecule has 0 aliphatic heterocycles. The number of allylic oxidation sites excluding steroid dienone is 4.